The molecule has 1 amide bonds. The second-order valence-corrected chi connectivity index (χ2v) is 6.15. The molecule has 1 aliphatic heterocycles. The highest BCUT2D eigenvalue weighted by Gasteiger charge is 2.15. The number of nitrogens with one attached hydrogen (secondary N) is 1. The maximum Gasteiger partial charge on any atom is 0.221 e. The van der Waals surface area contributed by atoms with Crippen LogP contribution in [0.15, 0.2) is 16.6 Å². The Kier molecular flexibility index (Phi) is 4.99. The molecule has 104 valence electrons. The van der Waals surface area contributed by atoms with E-state index in [1.807, 2.05) is 6.07 Å². The lowest BCUT2D eigenvalue weighted by Crippen LogP contribution is -2.29. The van der Waals surface area contributed by atoms with Crippen molar-refractivity contribution < 1.29 is 4.79 Å². The van der Waals surface area contributed by atoms with E-state index in [4.69, 9.17) is 0 Å². The van der Waals surface area contributed by atoms with Crippen LogP contribution in [0, 0.1) is 6.92 Å². The molecule has 1 saturated heterocycles. The third-order valence-electron chi connectivity index (χ3n) is 3.46. The van der Waals surface area contributed by atoms with Gasteiger partial charge >= 0.3 is 0 Å². The van der Waals surface area contributed by atoms with Crippen molar-refractivity contribution in [1.82, 2.24) is 4.90 Å². The van der Waals surface area contributed by atoms with E-state index in [0.29, 0.717) is 0 Å². The number of amides is 1. The van der Waals surface area contributed by atoms with Gasteiger partial charge in [-0.05, 0) is 66.0 Å². The van der Waals surface area contributed by atoms with Gasteiger partial charge < -0.3 is 5.32 Å². The van der Waals surface area contributed by atoms with Gasteiger partial charge in [-0.15, -0.1) is 0 Å². The van der Waals surface area contributed by atoms with Gasteiger partial charge in [0.25, 0.3) is 0 Å². The smallest absolute Gasteiger partial charge is 0.221 e. The fourth-order valence-electron chi connectivity index (χ4n) is 2.61. The number of aryl methyl sites for hydroxylation is 1. The SMILES string of the molecule is CC(=O)Nc1c(Br)cc(C)cc1CN1CCCCC1. The molecule has 4 heteroatoms. The number of hydrogen-bond acceptors (Lipinski definition) is 2. The second kappa shape index (κ2) is 6.53. The molecule has 0 spiro atoms. The van der Waals surface area contributed by atoms with E-state index in [9.17, 15) is 4.79 Å². The highest BCUT2D eigenvalue weighted by Crippen LogP contribution is 2.30. The summed E-state index contributed by atoms with van der Waals surface area (Å²) in [6, 6.07) is 4.22. The number of halogens is 1. The Morgan fingerprint density at radius 2 is 2.00 bits per heavy atom. The van der Waals surface area contributed by atoms with Crippen molar-refractivity contribution in [2.45, 2.75) is 39.7 Å². The van der Waals surface area contributed by atoms with E-state index in [-0.39, 0.29) is 5.91 Å². The molecule has 2 rings (SSSR count). The van der Waals surface area contributed by atoms with Crippen LogP contribution < -0.4 is 5.32 Å². The number of nitrogens with zero attached hydrogens (tertiary/aromatic N) is 1. The molecular formula is C15H21BrN2O. The summed E-state index contributed by atoms with van der Waals surface area (Å²) < 4.78 is 0.967. The van der Waals surface area contributed by atoms with Crippen LogP contribution in [0.4, 0.5) is 5.69 Å². The summed E-state index contributed by atoms with van der Waals surface area (Å²) in [4.78, 5) is 13.8. The average molecular weight is 325 g/mol. The van der Waals surface area contributed by atoms with E-state index in [0.717, 1.165) is 29.8 Å². The molecule has 1 heterocycles. The predicted octanol–water partition coefficient (Wildman–Crippen LogP) is 3.70. The maximum atomic E-state index is 11.3. The average Bonchev–Trinajstić information content (AvgIpc) is 2.34. The highest BCUT2D eigenvalue weighted by molar-refractivity contribution is 9.10. The minimum atomic E-state index is -0.0237. The molecular weight excluding hydrogens is 304 g/mol. The number of carbonyl (C=O) groups is 1. The molecule has 0 radical (unpaired) electrons. The first-order valence-corrected chi connectivity index (χ1v) is 7.64. The van der Waals surface area contributed by atoms with Crippen molar-refractivity contribution in [2.24, 2.45) is 0 Å². The molecule has 1 aromatic rings. The zero-order valence-corrected chi connectivity index (χ0v) is 13.2. The zero-order valence-electron chi connectivity index (χ0n) is 11.6. The van der Waals surface area contributed by atoms with Gasteiger partial charge in [0, 0.05) is 17.9 Å². The van der Waals surface area contributed by atoms with Crippen LogP contribution in [0.5, 0.6) is 0 Å². The Bertz CT molecular complexity index is 467. The van der Waals surface area contributed by atoms with Gasteiger partial charge in [0.15, 0.2) is 0 Å². The number of carbonyl (C=O) groups excluding carboxylic acids is 1. The first-order valence-electron chi connectivity index (χ1n) is 6.85. The summed E-state index contributed by atoms with van der Waals surface area (Å²) in [5.41, 5.74) is 3.33. The van der Waals surface area contributed by atoms with E-state index >= 15 is 0 Å². The minimum absolute atomic E-state index is 0.0237. The molecule has 1 fully saturated rings. The maximum absolute atomic E-state index is 11.3. The predicted molar refractivity (Wildman–Crippen MR) is 82.3 cm³/mol. The summed E-state index contributed by atoms with van der Waals surface area (Å²) in [7, 11) is 0. The van der Waals surface area contributed by atoms with Crippen LogP contribution in [0.2, 0.25) is 0 Å². The van der Waals surface area contributed by atoms with Gasteiger partial charge in [-0.3, -0.25) is 9.69 Å². The number of anilines is 1. The van der Waals surface area contributed by atoms with E-state index < -0.39 is 0 Å². The summed E-state index contributed by atoms with van der Waals surface area (Å²) in [5.74, 6) is -0.0237. The van der Waals surface area contributed by atoms with Crippen molar-refractivity contribution in [3.63, 3.8) is 0 Å². The van der Waals surface area contributed by atoms with Crippen molar-refractivity contribution in [1.29, 1.82) is 0 Å². The molecule has 1 aliphatic rings. The number of benzene rings is 1. The second-order valence-electron chi connectivity index (χ2n) is 5.30. The standard InChI is InChI=1S/C15H21BrN2O/c1-11-8-13(10-18-6-4-3-5-7-18)15(14(16)9-11)17-12(2)19/h8-9H,3-7,10H2,1-2H3,(H,17,19). The van der Waals surface area contributed by atoms with Crippen LogP contribution in [0.3, 0.4) is 0 Å². The monoisotopic (exact) mass is 324 g/mol. The first kappa shape index (κ1) is 14.5. The third kappa shape index (κ3) is 4.05. The van der Waals surface area contributed by atoms with Gasteiger partial charge in [-0.1, -0.05) is 12.5 Å². The summed E-state index contributed by atoms with van der Waals surface area (Å²) in [6.45, 7) is 6.87. The van der Waals surface area contributed by atoms with Crippen LogP contribution in [-0.4, -0.2) is 23.9 Å². The van der Waals surface area contributed by atoms with Gasteiger partial charge in [0.05, 0.1) is 5.69 Å². The molecule has 19 heavy (non-hydrogen) atoms. The van der Waals surface area contributed by atoms with E-state index in [2.05, 4.69) is 39.1 Å². The Hall–Kier alpha value is -0.870. The Morgan fingerprint density at radius 1 is 1.32 bits per heavy atom. The third-order valence-corrected chi connectivity index (χ3v) is 4.09. The molecule has 0 atom stereocenters. The van der Waals surface area contributed by atoms with Crippen molar-refractivity contribution in [3.8, 4) is 0 Å². The fraction of sp³-hybridized carbons (Fsp3) is 0.533. The van der Waals surface area contributed by atoms with Gasteiger partial charge in [-0.2, -0.15) is 0 Å². The number of hydrogen-bond donors (Lipinski definition) is 1. The van der Waals surface area contributed by atoms with Gasteiger partial charge in [0.2, 0.25) is 5.91 Å². The lowest BCUT2D eigenvalue weighted by Gasteiger charge is -2.27. The highest BCUT2D eigenvalue weighted by atomic mass is 79.9. The zero-order chi connectivity index (χ0) is 13.8. The topological polar surface area (TPSA) is 32.3 Å². The minimum Gasteiger partial charge on any atom is -0.325 e. The molecule has 1 N–H and O–H groups in total. The lowest BCUT2D eigenvalue weighted by molar-refractivity contribution is -0.114. The molecule has 1 aromatic carbocycles. The molecule has 0 aliphatic carbocycles. The van der Waals surface area contributed by atoms with Crippen LogP contribution in [0.25, 0.3) is 0 Å². The van der Waals surface area contributed by atoms with E-state index in [1.165, 1.54) is 30.4 Å². The molecule has 0 unspecified atom stereocenters. The molecule has 0 aromatic heterocycles. The quantitative estimate of drug-likeness (QED) is 0.919. The molecule has 0 bridgehead atoms. The van der Waals surface area contributed by atoms with Crippen molar-refractivity contribution in [3.05, 3.63) is 27.7 Å². The van der Waals surface area contributed by atoms with Crippen molar-refractivity contribution in [2.75, 3.05) is 18.4 Å². The summed E-state index contributed by atoms with van der Waals surface area (Å²) >= 11 is 3.56. The largest absolute Gasteiger partial charge is 0.325 e. The van der Waals surface area contributed by atoms with Gasteiger partial charge in [-0.25, -0.2) is 0 Å². The lowest BCUT2D eigenvalue weighted by atomic mass is 10.1. The Morgan fingerprint density at radius 3 is 2.63 bits per heavy atom. The summed E-state index contributed by atoms with van der Waals surface area (Å²) in [5, 5.41) is 2.95. The number of piperidine rings is 1. The molecule has 0 saturated carbocycles. The van der Waals surface area contributed by atoms with Crippen LogP contribution in [-0.2, 0) is 11.3 Å². The Labute approximate surface area is 123 Å². The normalized spacial score (nSPS) is 16.4. The van der Waals surface area contributed by atoms with Crippen molar-refractivity contribution >= 4 is 27.5 Å². The van der Waals surface area contributed by atoms with Gasteiger partial charge in [0.1, 0.15) is 0 Å². The fourth-order valence-corrected chi connectivity index (χ4v) is 3.33. The van der Waals surface area contributed by atoms with E-state index in [1.54, 1.807) is 6.92 Å². The number of rotatable bonds is 3. The van der Waals surface area contributed by atoms with Crippen LogP contribution >= 0.6 is 15.9 Å². The Balaban J connectivity index is 2.23. The molecule has 3 nitrogen and oxygen atoms in total. The first-order chi connectivity index (χ1) is 9.06. The van der Waals surface area contributed by atoms with Crippen LogP contribution in [0.1, 0.15) is 37.3 Å². The number of likely N-dealkylation sites (tertiary alicyclic amines) is 1. The summed E-state index contributed by atoms with van der Waals surface area (Å²) in [6.07, 6.45) is 3.90.